The van der Waals surface area contributed by atoms with Crippen molar-refractivity contribution >= 4 is 35.0 Å². The number of nitrogens with zero attached hydrogens (tertiary/aromatic N) is 1. The molecule has 3 rings (SSSR count). The summed E-state index contributed by atoms with van der Waals surface area (Å²) < 4.78 is 0. The predicted octanol–water partition coefficient (Wildman–Crippen LogP) is 3.71. The average Bonchev–Trinajstić information content (AvgIpc) is 2.76. The maximum atomic E-state index is 12.5. The first-order valence-corrected chi connectivity index (χ1v) is 10.1. The van der Waals surface area contributed by atoms with Gasteiger partial charge in [0.15, 0.2) is 0 Å². The van der Waals surface area contributed by atoms with Crippen LogP contribution in [0.5, 0.6) is 0 Å². The van der Waals surface area contributed by atoms with E-state index in [2.05, 4.69) is 21.3 Å². The highest BCUT2D eigenvalue weighted by Gasteiger charge is 2.26. The summed E-state index contributed by atoms with van der Waals surface area (Å²) in [6.45, 7) is 3.62. The van der Waals surface area contributed by atoms with Crippen molar-refractivity contribution in [1.29, 1.82) is 0 Å². The number of amides is 5. The lowest BCUT2D eigenvalue weighted by atomic mass is 9.96. The second-order valence-electron chi connectivity index (χ2n) is 7.11. The molecule has 2 aromatic carbocycles. The summed E-state index contributed by atoms with van der Waals surface area (Å²) in [6.07, 6.45) is 1.33. The Morgan fingerprint density at radius 2 is 1.37 bits per heavy atom. The molecule has 0 aliphatic carbocycles. The molecule has 1 fully saturated rings. The van der Waals surface area contributed by atoms with Gasteiger partial charge < -0.3 is 26.2 Å². The molecule has 1 saturated heterocycles. The van der Waals surface area contributed by atoms with E-state index in [-0.39, 0.29) is 23.9 Å². The molecule has 8 heteroatoms. The number of likely N-dealkylation sites (tertiary alicyclic amines) is 1. The van der Waals surface area contributed by atoms with E-state index in [1.54, 1.807) is 41.3 Å². The minimum absolute atomic E-state index is 0.0265. The van der Waals surface area contributed by atoms with Gasteiger partial charge in [0.25, 0.3) is 0 Å². The number of anilines is 3. The van der Waals surface area contributed by atoms with Crippen molar-refractivity contribution < 1.29 is 14.4 Å². The van der Waals surface area contributed by atoms with Crippen LogP contribution in [0, 0.1) is 5.92 Å². The number of benzene rings is 2. The zero-order valence-electron chi connectivity index (χ0n) is 17.0. The van der Waals surface area contributed by atoms with E-state index >= 15 is 0 Å². The van der Waals surface area contributed by atoms with Crippen molar-refractivity contribution in [3.05, 3.63) is 54.6 Å². The zero-order valence-corrected chi connectivity index (χ0v) is 17.0. The fourth-order valence-electron chi connectivity index (χ4n) is 3.32. The Hall–Kier alpha value is -3.55. The Labute approximate surface area is 176 Å². The molecule has 1 aliphatic rings. The fourth-order valence-corrected chi connectivity index (χ4v) is 3.32. The van der Waals surface area contributed by atoms with Crippen LogP contribution in [-0.2, 0) is 4.79 Å². The van der Waals surface area contributed by atoms with E-state index in [1.165, 1.54) is 0 Å². The summed E-state index contributed by atoms with van der Waals surface area (Å²) in [5.41, 5.74) is 1.96. The lowest BCUT2D eigenvalue weighted by Crippen LogP contribution is -2.44. The second-order valence-corrected chi connectivity index (χ2v) is 7.11. The molecule has 1 aliphatic heterocycles. The average molecular weight is 409 g/mol. The largest absolute Gasteiger partial charge is 0.356 e. The van der Waals surface area contributed by atoms with Gasteiger partial charge in [-0.2, -0.15) is 0 Å². The highest BCUT2D eigenvalue weighted by molar-refractivity contribution is 6.00. The van der Waals surface area contributed by atoms with Crippen LogP contribution in [0.1, 0.15) is 19.8 Å². The Kier molecular flexibility index (Phi) is 7.26. The molecular formula is C22H27N5O3. The van der Waals surface area contributed by atoms with Crippen LogP contribution in [0.2, 0.25) is 0 Å². The van der Waals surface area contributed by atoms with Crippen molar-refractivity contribution in [3.63, 3.8) is 0 Å². The molecular weight excluding hydrogens is 382 g/mol. The molecule has 4 N–H and O–H groups in total. The van der Waals surface area contributed by atoms with E-state index in [1.807, 2.05) is 25.1 Å². The Morgan fingerprint density at radius 3 is 1.93 bits per heavy atom. The number of carbonyl (C=O) groups excluding carboxylic acids is 3. The van der Waals surface area contributed by atoms with Gasteiger partial charge in [-0.25, -0.2) is 9.59 Å². The molecule has 8 nitrogen and oxygen atoms in total. The molecule has 5 amide bonds. The van der Waals surface area contributed by atoms with Gasteiger partial charge in [-0.15, -0.1) is 0 Å². The normalized spacial score (nSPS) is 14.0. The van der Waals surface area contributed by atoms with Gasteiger partial charge in [0, 0.05) is 42.6 Å². The number of carbonyl (C=O) groups is 3. The SMILES string of the molecule is CCNC(=O)C1CCN(C(=O)Nc2ccc(NC(=O)Nc3ccccc3)cc2)CC1. The van der Waals surface area contributed by atoms with Crippen molar-refractivity contribution in [2.45, 2.75) is 19.8 Å². The van der Waals surface area contributed by atoms with E-state index in [0.717, 1.165) is 0 Å². The minimum Gasteiger partial charge on any atom is -0.356 e. The maximum Gasteiger partial charge on any atom is 0.323 e. The quantitative estimate of drug-likeness (QED) is 0.605. The van der Waals surface area contributed by atoms with Crippen LogP contribution >= 0.6 is 0 Å². The van der Waals surface area contributed by atoms with Gasteiger partial charge in [0.1, 0.15) is 0 Å². The van der Waals surface area contributed by atoms with Crippen LogP contribution in [0.15, 0.2) is 54.6 Å². The lowest BCUT2D eigenvalue weighted by molar-refractivity contribution is -0.126. The number of urea groups is 2. The third-order valence-corrected chi connectivity index (χ3v) is 4.93. The maximum absolute atomic E-state index is 12.5. The van der Waals surface area contributed by atoms with E-state index in [4.69, 9.17) is 0 Å². The number of hydrogen-bond acceptors (Lipinski definition) is 3. The topological polar surface area (TPSA) is 103 Å². The highest BCUT2D eigenvalue weighted by atomic mass is 16.2. The van der Waals surface area contributed by atoms with Crippen LogP contribution < -0.4 is 21.3 Å². The Balaban J connectivity index is 1.45. The van der Waals surface area contributed by atoms with Crippen molar-refractivity contribution in [1.82, 2.24) is 10.2 Å². The number of piperidine rings is 1. The predicted molar refractivity (Wildman–Crippen MR) is 118 cm³/mol. The fraction of sp³-hybridized carbons (Fsp3) is 0.318. The van der Waals surface area contributed by atoms with Crippen LogP contribution in [-0.4, -0.2) is 42.5 Å². The molecule has 0 bridgehead atoms. The summed E-state index contributed by atoms with van der Waals surface area (Å²) in [6, 6.07) is 15.6. The van der Waals surface area contributed by atoms with Gasteiger partial charge in [0.2, 0.25) is 5.91 Å². The number of hydrogen-bond donors (Lipinski definition) is 4. The summed E-state index contributed by atoms with van der Waals surface area (Å²) in [5.74, 6) is 0.0401. The molecule has 0 spiro atoms. The first-order valence-electron chi connectivity index (χ1n) is 10.1. The minimum atomic E-state index is -0.340. The standard InChI is InChI=1S/C22H27N5O3/c1-2-23-20(28)16-12-14-27(15-13-16)22(30)26-19-10-8-18(9-11-19)25-21(29)24-17-6-4-3-5-7-17/h3-11,16H,2,12-15H2,1H3,(H,23,28)(H,26,30)(H2,24,25,29). The van der Waals surface area contributed by atoms with Gasteiger partial charge in [-0.1, -0.05) is 18.2 Å². The van der Waals surface area contributed by atoms with Crippen molar-refractivity contribution in [3.8, 4) is 0 Å². The highest BCUT2D eigenvalue weighted by Crippen LogP contribution is 2.19. The monoisotopic (exact) mass is 409 g/mol. The van der Waals surface area contributed by atoms with Crippen molar-refractivity contribution in [2.24, 2.45) is 5.92 Å². The Bertz CT molecular complexity index is 862. The zero-order chi connectivity index (χ0) is 21.3. The number of para-hydroxylation sites is 1. The summed E-state index contributed by atoms with van der Waals surface area (Å²) in [4.78, 5) is 38.1. The van der Waals surface area contributed by atoms with Gasteiger partial charge in [0.05, 0.1) is 0 Å². The smallest absolute Gasteiger partial charge is 0.323 e. The molecule has 0 radical (unpaired) electrons. The summed E-state index contributed by atoms with van der Waals surface area (Å²) >= 11 is 0. The molecule has 2 aromatic rings. The van der Waals surface area contributed by atoms with Gasteiger partial charge >= 0.3 is 12.1 Å². The van der Waals surface area contributed by atoms with Gasteiger partial charge in [-0.3, -0.25) is 4.79 Å². The van der Waals surface area contributed by atoms with E-state index in [0.29, 0.717) is 49.5 Å². The van der Waals surface area contributed by atoms with E-state index < -0.39 is 0 Å². The molecule has 0 aromatic heterocycles. The molecule has 1 heterocycles. The number of rotatable bonds is 5. The van der Waals surface area contributed by atoms with Crippen LogP contribution in [0.25, 0.3) is 0 Å². The Morgan fingerprint density at radius 1 is 0.833 bits per heavy atom. The van der Waals surface area contributed by atoms with Crippen molar-refractivity contribution in [2.75, 3.05) is 35.6 Å². The third kappa shape index (κ3) is 5.97. The first-order chi connectivity index (χ1) is 14.5. The van der Waals surface area contributed by atoms with Crippen LogP contribution in [0.3, 0.4) is 0 Å². The summed E-state index contributed by atoms with van der Waals surface area (Å²) in [5, 5.41) is 11.2. The second kappa shape index (κ2) is 10.3. The molecule has 0 saturated carbocycles. The molecule has 30 heavy (non-hydrogen) atoms. The lowest BCUT2D eigenvalue weighted by Gasteiger charge is -2.31. The molecule has 158 valence electrons. The van der Waals surface area contributed by atoms with E-state index in [9.17, 15) is 14.4 Å². The van der Waals surface area contributed by atoms with Gasteiger partial charge in [-0.05, 0) is 56.2 Å². The molecule has 0 unspecified atom stereocenters. The third-order valence-electron chi connectivity index (χ3n) is 4.93. The number of nitrogens with one attached hydrogen (secondary N) is 4. The molecule has 0 atom stereocenters. The summed E-state index contributed by atoms with van der Waals surface area (Å²) in [7, 11) is 0. The first kappa shape index (κ1) is 21.2. The van der Waals surface area contributed by atoms with Crippen LogP contribution in [0.4, 0.5) is 26.7 Å².